The zero-order valence-electron chi connectivity index (χ0n) is 8.81. The number of sulfonamides is 1. The number of aromatic nitrogens is 2. The van der Waals surface area contributed by atoms with Gasteiger partial charge in [0, 0.05) is 11.8 Å². The molecule has 96 valence electrons. The third kappa shape index (κ3) is 2.39. The van der Waals surface area contributed by atoms with Crippen LogP contribution in [0, 0.1) is 5.82 Å². The number of benzene rings is 1. The Balaban J connectivity index is 2.48. The minimum atomic E-state index is -4.12. The Bertz CT molecular complexity index is 672. The Morgan fingerprint density at radius 2 is 2.17 bits per heavy atom. The lowest BCUT2D eigenvalue weighted by Gasteiger charge is -2.08. The number of aromatic amines is 1. The SMILES string of the molecule is Nc1cc(Cl)c(F)c(S(=O)(=O)Nc2ccn[nH]2)c1. The molecule has 6 nitrogen and oxygen atoms in total. The number of hydrogen-bond donors (Lipinski definition) is 3. The third-order valence-electron chi connectivity index (χ3n) is 2.05. The number of nitrogens with two attached hydrogens (primary N) is 1. The summed E-state index contributed by atoms with van der Waals surface area (Å²) in [4.78, 5) is -0.623. The molecule has 0 aliphatic carbocycles. The molecule has 0 saturated carbocycles. The molecule has 0 bridgehead atoms. The molecule has 0 aliphatic heterocycles. The molecule has 0 atom stereocenters. The van der Waals surface area contributed by atoms with Crippen LogP contribution in [-0.2, 0) is 10.0 Å². The highest BCUT2D eigenvalue weighted by Crippen LogP contribution is 2.26. The van der Waals surface area contributed by atoms with Crippen molar-refractivity contribution in [1.82, 2.24) is 10.2 Å². The van der Waals surface area contributed by atoms with Gasteiger partial charge in [0.1, 0.15) is 10.7 Å². The molecule has 1 heterocycles. The summed E-state index contributed by atoms with van der Waals surface area (Å²) in [6.45, 7) is 0. The first-order valence-corrected chi connectivity index (χ1v) is 6.53. The van der Waals surface area contributed by atoms with Crippen molar-refractivity contribution in [2.75, 3.05) is 10.5 Å². The maximum Gasteiger partial charge on any atom is 0.266 e. The number of rotatable bonds is 3. The minimum absolute atomic E-state index is 0.0476. The molecule has 0 aliphatic rings. The molecule has 9 heteroatoms. The molecule has 18 heavy (non-hydrogen) atoms. The van der Waals surface area contributed by atoms with Crippen molar-refractivity contribution in [2.24, 2.45) is 0 Å². The van der Waals surface area contributed by atoms with Crippen molar-refractivity contribution in [3.63, 3.8) is 0 Å². The van der Waals surface area contributed by atoms with Gasteiger partial charge in [0.25, 0.3) is 10.0 Å². The van der Waals surface area contributed by atoms with E-state index in [1.165, 1.54) is 12.3 Å². The van der Waals surface area contributed by atoms with Gasteiger partial charge < -0.3 is 5.73 Å². The van der Waals surface area contributed by atoms with E-state index in [-0.39, 0.29) is 16.5 Å². The van der Waals surface area contributed by atoms with Crippen LogP contribution in [0.25, 0.3) is 0 Å². The topological polar surface area (TPSA) is 101 Å². The Hall–Kier alpha value is -1.80. The molecule has 4 N–H and O–H groups in total. The number of H-pyrrole nitrogens is 1. The molecule has 1 aromatic carbocycles. The van der Waals surface area contributed by atoms with Crippen LogP contribution in [0.5, 0.6) is 0 Å². The van der Waals surface area contributed by atoms with Crippen LogP contribution >= 0.6 is 11.6 Å². The highest BCUT2D eigenvalue weighted by molar-refractivity contribution is 7.92. The van der Waals surface area contributed by atoms with Gasteiger partial charge in [-0.1, -0.05) is 11.6 Å². The zero-order chi connectivity index (χ0) is 13.3. The van der Waals surface area contributed by atoms with Crippen LogP contribution in [-0.4, -0.2) is 18.6 Å². The van der Waals surface area contributed by atoms with Gasteiger partial charge in [-0.15, -0.1) is 0 Å². The quantitative estimate of drug-likeness (QED) is 0.747. The molecule has 1 aromatic heterocycles. The standard InChI is InChI=1S/C9H8ClFN4O2S/c10-6-3-5(12)4-7(9(6)11)18(16,17)15-8-1-2-13-14-8/h1-4H,12H2,(H2,13,14,15). The van der Waals surface area contributed by atoms with Crippen LogP contribution in [0.3, 0.4) is 0 Å². The van der Waals surface area contributed by atoms with Gasteiger partial charge in [-0.25, -0.2) is 12.8 Å². The number of nitrogen functional groups attached to an aromatic ring is 1. The van der Waals surface area contributed by atoms with Crippen LogP contribution < -0.4 is 10.5 Å². The van der Waals surface area contributed by atoms with Gasteiger partial charge in [-0.2, -0.15) is 5.10 Å². The number of nitrogens with one attached hydrogen (secondary N) is 2. The fraction of sp³-hybridized carbons (Fsp3) is 0. The summed E-state index contributed by atoms with van der Waals surface area (Å²) in [7, 11) is -4.12. The van der Waals surface area contributed by atoms with Crippen LogP contribution in [0.4, 0.5) is 15.9 Å². The highest BCUT2D eigenvalue weighted by Gasteiger charge is 2.22. The van der Waals surface area contributed by atoms with Gasteiger partial charge in [0.05, 0.1) is 11.2 Å². The van der Waals surface area contributed by atoms with E-state index in [0.717, 1.165) is 12.1 Å². The van der Waals surface area contributed by atoms with Crippen molar-refractivity contribution >= 4 is 33.1 Å². The second-order valence-corrected chi connectivity index (χ2v) is 5.45. The summed E-state index contributed by atoms with van der Waals surface area (Å²) in [6.07, 6.45) is 1.35. The molecule has 2 rings (SSSR count). The van der Waals surface area contributed by atoms with Crippen molar-refractivity contribution in [3.8, 4) is 0 Å². The van der Waals surface area contributed by atoms with Crippen LogP contribution in [0.2, 0.25) is 5.02 Å². The average Bonchev–Trinajstić information content (AvgIpc) is 2.75. The molecule has 0 spiro atoms. The lowest BCUT2D eigenvalue weighted by molar-refractivity contribution is 0.570. The Kier molecular flexibility index (Phi) is 3.14. The fourth-order valence-corrected chi connectivity index (χ4v) is 2.73. The van der Waals surface area contributed by atoms with Gasteiger partial charge in [-0.3, -0.25) is 9.82 Å². The summed E-state index contributed by atoms with van der Waals surface area (Å²) in [5.41, 5.74) is 5.48. The Morgan fingerprint density at radius 1 is 1.44 bits per heavy atom. The van der Waals surface area contributed by atoms with E-state index < -0.39 is 20.7 Å². The third-order valence-corrected chi connectivity index (χ3v) is 3.69. The smallest absolute Gasteiger partial charge is 0.266 e. The van der Waals surface area contributed by atoms with E-state index in [1.54, 1.807) is 0 Å². The highest BCUT2D eigenvalue weighted by atomic mass is 35.5. The largest absolute Gasteiger partial charge is 0.399 e. The van der Waals surface area contributed by atoms with E-state index in [0.29, 0.717) is 0 Å². The van der Waals surface area contributed by atoms with Crippen molar-refractivity contribution in [3.05, 3.63) is 35.2 Å². The Morgan fingerprint density at radius 3 is 2.78 bits per heavy atom. The van der Waals surface area contributed by atoms with E-state index in [9.17, 15) is 12.8 Å². The molecular formula is C9H8ClFN4O2S. The first-order valence-electron chi connectivity index (χ1n) is 4.67. The molecule has 0 radical (unpaired) electrons. The molecule has 0 saturated heterocycles. The van der Waals surface area contributed by atoms with Gasteiger partial charge in [0.2, 0.25) is 0 Å². The van der Waals surface area contributed by atoms with E-state index in [2.05, 4.69) is 14.9 Å². The predicted molar refractivity (Wildman–Crippen MR) is 65.2 cm³/mol. The molecule has 0 unspecified atom stereocenters. The first kappa shape index (κ1) is 12.7. The number of anilines is 2. The monoisotopic (exact) mass is 290 g/mol. The summed E-state index contributed by atoms with van der Waals surface area (Å²) in [5.74, 6) is -0.953. The second-order valence-electron chi connectivity index (χ2n) is 3.39. The molecule has 0 fully saturated rings. The summed E-state index contributed by atoms with van der Waals surface area (Å²) in [5, 5.41) is 5.58. The number of hydrogen-bond acceptors (Lipinski definition) is 4. The summed E-state index contributed by atoms with van der Waals surface area (Å²) in [6, 6.07) is 3.50. The van der Waals surface area contributed by atoms with Crippen LogP contribution in [0.1, 0.15) is 0 Å². The molecule has 2 aromatic rings. The lowest BCUT2D eigenvalue weighted by atomic mass is 10.3. The second kappa shape index (κ2) is 4.46. The minimum Gasteiger partial charge on any atom is -0.399 e. The average molecular weight is 291 g/mol. The normalized spacial score (nSPS) is 11.4. The molecular weight excluding hydrogens is 283 g/mol. The van der Waals surface area contributed by atoms with Gasteiger partial charge in [-0.05, 0) is 12.1 Å². The van der Waals surface area contributed by atoms with Crippen molar-refractivity contribution < 1.29 is 12.8 Å². The zero-order valence-corrected chi connectivity index (χ0v) is 10.4. The van der Waals surface area contributed by atoms with Crippen molar-refractivity contribution in [2.45, 2.75) is 4.90 Å². The first-order chi connectivity index (χ1) is 8.40. The predicted octanol–water partition coefficient (Wildman–Crippen LogP) is 1.59. The number of nitrogens with zero attached hydrogens (tertiary/aromatic N) is 1. The maximum atomic E-state index is 13.7. The number of halogens is 2. The molecule has 0 amide bonds. The lowest BCUT2D eigenvalue weighted by Crippen LogP contribution is -2.15. The van der Waals surface area contributed by atoms with E-state index >= 15 is 0 Å². The maximum absolute atomic E-state index is 13.7. The van der Waals surface area contributed by atoms with Gasteiger partial charge in [0.15, 0.2) is 5.82 Å². The summed E-state index contributed by atoms with van der Waals surface area (Å²) >= 11 is 5.54. The Labute approximate surface area is 107 Å². The van der Waals surface area contributed by atoms with Crippen LogP contribution in [0.15, 0.2) is 29.3 Å². The fourth-order valence-electron chi connectivity index (χ4n) is 1.29. The summed E-state index contributed by atoms with van der Waals surface area (Å²) < 4.78 is 39.6. The van der Waals surface area contributed by atoms with Gasteiger partial charge >= 0.3 is 0 Å². The van der Waals surface area contributed by atoms with Crippen molar-refractivity contribution in [1.29, 1.82) is 0 Å². The van der Waals surface area contributed by atoms with E-state index in [4.69, 9.17) is 17.3 Å². The van der Waals surface area contributed by atoms with E-state index in [1.807, 2.05) is 0 Å².